The van der Waals surface area contributed by atoms with Gasteiger partial charge in [-0.05, 0) is 12.1 Å². The van der Waals surface area contributed by atoms with E-state index in [4.69, 9.17) is 16.3 Å². The van der Waals surface area contributed by atoms with Crippen LogP contribution in [0.3, 0.4) is 0 Å². The smallest absolute Gasteiger partial charge is 0.123 e. The van der Waals surface area contributed by atoms with Crippen LogP contribution >= 0.6 is 11.6 Å². The number of epoxide rings is 1. The Morgan fingerprint density at radius 3 is 2.90 bits per heavy atom. The molecule has 1 aromatic rings. The number of ether oxygens (including phenoxy) is 1. The van der Waals surface area contributed by atoms with E-state index in [0.717, 1.165) is 12.3 Å². The molecule has 2 rings (SSSR count). The zero-order valence-electron chi connectivity index (χ0n) is 5.25. The molecule has 1 atom stereocenters. The SMILES string of the molecule is Clc1ccc(C2CO2)nc1. The number of aromatic nitrogens is 1. The summed E-state index contributed by atoms with van der Waals surface area (Å²) in [5, 5.41) is 0.671. The summed E-state index contributed by atoms with van der Waals surface area (Å²) in [6.45, 7) is 0.800. The zero-order chi connectivity index (χ0) is 6.97. The molecule has 0 saturated carbocycles. The molecule has 2 heterocycles. The Morgan fingerprint density at radius 2 is 2.40 bits per heavy atom. The number of hydrogen-bond donors (Lipinski definition) is 0. The van der Waals surface area contributed by atoms with E-state index < -0.39 is 0 Å². The van der Waals surface area contributed by atoms with E-state index in [0.29, 0.717) is 5.02 Å². The van der Waals surface area contributed by atoms with Crippen LogP contribution < -0.4 is 0 Å². The highest BCUT2D eigenvalue weighted by atomic mass is 35.5. The Labute approximate surface area is 63.8 Å². The first-order valence-corrected chi connectivity index (χ1v) is 3.47. The van der Waals surface area contributed by atoms with Gasteiger partial charge in [-0.15, -0.1) is 0 Å². The second kappa shape index (κ2) is 2.22. The first-order valence-electron chi connectivity index (χ1n) is 3.09. The molecule has 0 bridgehead atoms. The summed E-state index contributed by atoms with van der Waals surface area (Å²) in [6, 6.07) is 3.71. The quantitative estimate of drug-likeness (QED) is 0.578. The minimum absolute atomic E-state index is 0.234. The molecule has 1 aliphatic rings. The number of nitrogens with zero attached hydrogens (tertiary/aromatic N) is 1. The van der Waals surface area contributed by atoms with Gasteiger partial charge in [0.1, 0.15) is 6.10 Å². The normalized spacial score (nSPS) is 22.7. The zero-order valence-corrected chi connectivity index (χ0v) is 6.01. The minimum atomic E-state index is 0.234. The lowest BCUT2D eigenvalue weighted by molar-refractivity contribution is 0.411. The third-order valence-electron chi connectivity index (χ3n) is 1.41. The molecule has 0 aliphatic carbocycles. The highest BCUT2D eigenvalue weighted by molar-refractivity contribution is 6.30. The Hall–Kier alpha value is -0.600. The molecule has 1 unspecified atom stereocenters. The molecule has 2 nitrogen and oxygen atoms in total. The van der Waals surface area contributed by atoms with Crippen molar-refractivity contribution in [3.8, 4) is 0 Å². The fourth-order valence-electron chi connectivity index (χ4n) is 0.797. The van der Waals surface area contributed by atoms with Crippen molar-refractivity contribution in [3.63, 3.8) is 0 Å². The molecule has 1 fully saturated rings. The Balaban J connectivity index is 2.28. The van der Waals surface area contributed by atoms with Crippen molar-refractivity contribution in [1.29, 1.82) is 0 Å². The van der Waals surface area contributed by atoms with Crippen LogP contribution in [0.1, 0.15) is 11.8 Å². The summed E-state index contributed by atoms with van der Waals surface area (Å²) in [6.07, 6.45) is 1.87. The first kappa shape index (κ1) is 6.13. The van der Waals surface area contributed by atoms with Gasteiger partial charge in [-0.1, -0.05) is 11.6 Å². The highest BCUT2D eigenvalue weighted by Crippen LogP contribution is 2.28. The van der Waals surface area contributed by atoms with Gasteiger partial charge in [0.25, 0.3) is 0 Å². The van der Waals surface area contributed by atoms with Crippen LogP contribution in [0.15, 0.2) is 18.3 Å². The predicted octanol–water partition coefficient (Wildman–Crippen LogP) is 1.81. The maximum atomic E-state index is 5.63. The topological polar surface area (TPSA) is 25.4 Å². The van der Waals surface area contributed by atoms with Crippen molar-refractivity contribution < 1.29 is 4.74 Å². The van der Waals surface area contributed by atoms with Gasteiger partial charge in [0.2, 0.25) is 0 Å². The van der Waals surface area contributed by atoms with E-state index in [-0.39, 0.29) is 6.10 Å². The van der Waals surface area contributed by atoms with Crippen molar-refractivity contribution in [1.82, 2.24) is 4.98 Å². The predicted molar refractivity (Wildman–Crippen MR) is 37.9 cm³/mol. The first-order chi connectivity index (χ1) is 4.86. The Kier molecular flexibility index (Phi) is 1.36. The van der Waals surface area contributed by atoms with E-state index in [9.17, 15) is 0 Å². The third kappa shape index (κ3) is 1.13. The third-order valence-corrected chi connectivity index (χ3v) is 1.64. The number of rotatable bonds is 1. The van der Waals surface area contributed by atoms with Crippen molar-refractivity contribution >= 4 is 11.6 Å². The lowest BCUT2D eigenvalue weighted by Crippen LogP contribution is -1.84. The summed E-state index contributed by atoms with van der Waals surface area (Å²) in [5.41, 5.74) is 0.976. The van der Waals surface area contributed by atoms with E-state index in [1.54, 1.807) is 6.20 Å². The lowest BCUT2D eigenvalue weighted by Gasteiger charge is -1.92. The van der Waals surface area contributed by atoms with Crippen molar-refractivity contribution in [2.45, 2.75) is 6.10 Å². The molecule has 1 aromatic heterocycles. The maximum absolute atomic E-state index is 5.63. The van der Waals surface area contributed by atoms with Crippen LogP contribution in [0.2, 0.25) is 5.02 Å². The molecule has 0 aromatic carbocycles. The van der Waals surface area contributed by atoms with Gasteiger partial charge in [-0.25, -0.2) is 0 Å². The molecule has 10 heavy (non-hydrogen) atoms. The summed E-state index contributed by atoms with van der Waals surface area (Å²) in [5.74, 6) is 0. The monoisotopic (exact) mass is 155 g/mol. The van der Waals surface area contributed by atoms with Crippen LogP contribution in [0.5, 0.6) is 0 Å². The van der Waals surface area contributed by atoms with Crippen LogP contribution in [0.25, 0.3) is 0 Å². The fraction of sp³-hybridized carbons (Fsp3) is 0.286. The number of pyridine rings is 1. The summed E-state index contributed by atoms with van der Waals surface area (Å²) in [7, 11) is 0. The molecule has 0 N–H and O–H groups in total. The van der Waals surface area contributed by atoms with Gasteiger partial charge >= 0.3 is 0 Å². The molecule has 0 spiro atoms. The maximum Gasteiger partial charge on any atom is 0.123 e. The van der Waals surface area contributed by atoms with Gasteiger partial charge in [0, 0.05) is 6.20 Å². The van der Waals surface area contributed by atoms with Gasteiger partial charge < -0.3 is 4.74 Å². The summed E-state index contributed by atoms with van der Waals surface area (Å²) < 4.78 is 5.03. The summed E-state index contributed by atoms with van der Waals surface area (Å²) in [4.78, 5) is 4.08. The largest absolute Gasteiger partial charge is 0.366 e. The lowest BCUT2D eigenvalue weighted by atomic mass is 10.3. The van der Waals surface area contributed by atoms with Crippen LogP contribution in [-0.2, 0) is 4.74 Å². The standard InChI is InChI=1S/C7H6ClNO/c8-5-1-2-6(9-3-5)7-4-10-7/h1-3,7H,4H2. The second-order valence-electron chi connectivity index (χ2n) is 2.22. The molecule has 0 amide bonds. The Morgan fingerprint density at radius 1 is 1.60 bits per heavy atom. The number of halogens is 1. The van der Waals surface area contributed by atoms with Gasteiger partial charge in [0.15, 0.2) is 0 Å². The minimum Gasteiger partial charge on any atom is -0.366 e. The van der Waals surface area contributed by atoms with Crippen LogP contribution in [0.4, 0.5) is 0 Å². The summed E-state index contributed by atoms with van der Waals surface area (Å²) >= 11 is 5.63. The molecular formula is C7H6ClNO. The molecule has 1 saturated heterocycles. The van der Waals surface area contributed by atoms with Crippen LogP contribution in [0, 0.1) is 0 Å². The van der Waals surface area contributed by atoms with E-state index in [1.807, 2.05) is 12.1 Å². The van der Waals surface area contributed by atoms with Gasteiger partial charge in [-0.2, -0.15) is 0 Å². The molecular weight excluding hydrogens is 150 g/mol. The average molecular weight is 156 g/mol. The molecule has 3 heteroatoms. The Bertz CT molecular complexity index is 230. The van der Waals surface area contributed by atoms with Crippen LogP contribution in [-0.4, -0.2) is 11.6 Å². The fourth-order valence-corrected chi connectivity index (χ4v) is 0.908. The van der Waals surface area contributed by atoms with Crippen molar-refractivity contribution in [2.24, 2.45) is 0 Å². The van der Waals surface area contributed by atoms with Gasteiger partial charge in [0.05, 0.1) is 17.3 Å². The second-order valence-corrected chi connectivity index (χ2v) is 2.66. The molecule has 0 radical (unpaired) electrons. The number of hydrogen-bond acceptors (Lipinski definition) is 2. The van der Waals surface area contributed by atoms with E-state index in [2.05, 4.69) is 4.98 Å². The van der Waals surface area contributed by atoms with Crippen molar-refractivity contribution in [2.75, 3.05) is 6.61 Å². The van der Waals surface area contributed by atoms with Crippen molar-refractivity contribution in [3.05, 3.63) is 29.0 Å². The van der Waals surface area contributed by atoms with E-state index >= 15 is 0 Å². The molecule has 52 valence electrons. The molecule has 1 aliphatic heterocycles. The highest BCUT2D eigenvalue weighted by Gasteiger charge is 2.25. The average Bonchev–Trinajstić information content (AvgIpc) is 2.71. The van der Waals surface area contributed by atoms with Gasteiger partial charge in [-0.3, -0.25) is 4.98 Å². The van der Waals surface area contributed by atoms with E-state index in [1.165, 1.54) is 0 Å².